The molecule has 7 nitrogen and oxygen atoms in total. The van der Waals surface area contributed by atoms with E-state index < -0.39 is 46.3 Å². The van der Waals surface area contributed by atoms with Gasteiger partial charge in [0.1, 0.15) is 0 Å². The molecule has 0 amide bonds. The van der Waals surface area contributed by atoms with Crippen molar-refractivity contribution < 1.29 is 40.8 Å². The van der Waals surface area contributed by atoms with Crippen LogP contribution in [0, 0.1) is 10.7 Å². The Bertz CT molecular complexity index is 791. The van der Waals surface area contributed by atoms with Gasteiger partial charge in [0, 0.05) is 3.57 Å². The van der Waals surface area contributed by atoms with Gasteiger partial charge in [-0.25, -0.2) is 0 Å². The fourth-order valence-electron chi connectivity index (χ4n) is 1.53. The first-order chi connectivity index (χ1) is 11.8. The van der Waals surface area contributed by atoms with E-state index in [4.69, 9.17) is 9.29 Å². The highest BCUT2D eigenvalue weighted by Crippen LogP contribution is 2.30. The van der Waals surface area contributed by atoms with Gasteiger partial charge in [-0.05, 0) is 86.8 Å². The third-order valence-electron chi connectivity index (χ3n) is 2.84. The number of ether oxygens (including phenoxy) is 2. The Labute approximate surface area is 188 Å². The average molecular weight is 730 g/mol. The molecule has 0 aromatic heterocycles. The molecule has 0 radical (unpaired) electrons. The molecule has 0 bridgehead atoms. The molecule has 0 spiro atoms. The summed E-state index contributed by atoms with van der Waals surface area (Å²) in [6, 6.07) is 3.55. The fourth-order valence-corrected chi connectivity index (χ4v) is 5.80. The molecule has 1 aromatic rings. The summed E-state index contributed by atoms with van der Waals surface area (Å²) >= 11 is 6.05. The van der Waals surface area contributed by atoms with Crippen LogP contribution < -0.4 is 4.74 Å². The largest absolute Gasteiger partial charge is 0.455 e. The van der Waals surface area contributed by atoms with Gasteiger partial charge in [0.15, 0.2) is 11.9 Å². The molecule has 13 heteroatoms. The van der Waals surface area contributed by atoms with Gasteiger partial charge in [-0.15, -0.1) is 0 Å². The summed E-state index contributed by atoms with van der Waals surface area (Å²) in [6.07, 6.45) is -3.47. The van der Waals surface area contributed by atoms with Crippen molar-refractivity contribution in [3.63, 3.8) is 0 Å². The molecule has 0 heterocycles. The first kappa shape index (κ1) is 24.2. The van der Waals surface area contributed by atoms with Gasteiger partial charge >= 0.3 is 27.3 Å². The SMILES string of the molecule is CC(OC(=O)CCC(=O)Oc1c(I)cc(I)cc1I)C(F)(F)S(=O)(=O)O. The molecule has 1 N–H and O–H groups in total. The summed E-state index contributed by atoms with van der Waals surface area (Å²) in [4.78, 5) is 23.3. The van der Waals surface area contributed by atoms with Crippen LogP contribution in [0.1, 0.15) is 19.8 Å². The van der Waals surface area contributed by atoms with Crippen LogP contribution in [0.2, 0.25) is 0 Å². The van der Waals surface area contributed by atoms with E-state index in [-0.39, 0.29) is 0 Å². The van der Waals surface area contributed by atoms with Crippen molar-refractivity contribution in [1.82, 2.24) is 0 Å². The number of alkyl halides is 2. The molecule has 0 aliphatic carbocycles. The number of esters is 2. The Morgan fingerprint density at radius 3 is 2.08 bits per heavy atom. The summed E-state index contributed by atoms with van der Waals surface area (Å²) in [5.74, 6) is -1.70. The van der Waals surface area contributed by atoms with E-state index in [1.54, 1.807) is 12.1 Å². The zero-order valence-electron chi connectivity index (χ0n) is 12.8. The molecule has 1 rings (SSSR count). The molecule has 0 fully saturated rings. The zero-order valence-corrected chi connectivity index (χ0v) is 20.1. The van der Waals surface area contributed by atoms with Gasteiger partial charge in [0.05, 0.1) is 20.0 Å². The Balaban J connectivity index is 2.62. The van der Waals surface area contributed by atoms with E-state index in [0.717, 1.165) is 3.57 Å². The van der Waals surface area contributed by atoms with Crippen molar-refractivity contribution in [1.29, 1.82) is 0 Å². The lowest BCUT2D eigenvalue weighted by molar-refractivity contribution is -0.161. The average Bonchev–Trinajstić information content (AvgIpc) is 2.47. The van der Waals surface area contributed by atoms with E-state index in [0.29, 0.717) is 19.8 Å². The fraction of sp³-hybridized carbons (Fsp3) is 0.385. The summed E-state index contributed by atoms with van der Waals surface area (Å²) < 4.78 is 67.9. The number of benzene rings is 1. The van der Waals surface area contributed by atoms with Crippen LogP contribution in [-0.2, 0) is 24.4 Å². The van der Waals surface area contributed by atoms with Crippen LogP contribution in [0.5, 0.6) is 5.75 Å². The van der Waals surface area contributed by atoms with Gasteiger partial charge in [-0.3, -0.25) is 14.1 Å². The van der Waals surface area contributed by atoms with Gasteiger partial charge in [-0.2, -0.15) is 17.2 Å². The van der Waals surface area contributed by atoms with Gasteiger partial charge in [0.25, 0.3) is 0 Å². The van der Waals surface area contributed by atoms with Gasteiger partial charge in [-0.1, -0.05) is 0 Å². The van der Waals surface area contributed by atoms with E-state index >= 15 is 0 Å². The van der Waals surface area contributed by atoms with Crippen molar-refractivity contribution in [3.8, 4) is 5.75 Å². The Kier molecular flexibility index (Phi) is 8.87. The molecule has 0 saturated carbocycles. The predicted octanol–water partition coefficient (Wildman–Crippen LogP) is 3.60. The minimum absolute atomic E-state index is 0.316. The molecule has 1 unspecified atom stereocenters. The summed E-state index contributed by atoms with van der Waals surface area (Å²) in [6.45, 7) is 0.611. The molecular formula is C13H11F2I3O7S. The van der Waals surface area contributed by atoms with Crippen molar-refractivity contribution in [2.75, 3.05) is 0 Å². The minimum Gasteiger partial charge on any atom is -0.455 e. The van der Waals surface area contributed by atoms with Crippen LogP contribution >= 0.6 is 67.8 Å². The maximum Gasteiger partial charge on any atom is 0.405 e. The molecule has 146 valence electrons. The quantitative estimate of drug-likeness (QED) is 0.198. The zero-order chi connectivity index (χ0) is 20.3. The van der Waals surface area contributed by atoms with E-state index in [1.165, 1.54) is 0 Å². The molecule has 1 aromatic carbocycles. The van der Waals surface area contributed by atoms with Crippen LogP contribution in [-0.4, -0.2) is 36.3 Å². The number of carbonyl (C=O) groups is 2. The second-order valence-electron chi connectivity index (χ2n) is 4.84. The smallest absolute Gasteiger partial charge is 0.405 e. The van der Waals surface area contributed by atoms with Crippen molar-refractivity contribution in [2.45, 2.75) is 31.1 Å². The number of halogens is 5. The second kappa shape index (κ2) is 9.55. The first-order valence-corrected chi connectivity index (χ1v) is 11.3. The maximum atomic E-state index is 13.3. The third-order valence-corrected chi connectivity index (χ3v) is 6.08. The van der Waals surface area contributed by atoms with Crippen LogP contribution in [0.15, 0.2) is 12.1 Å². The molecule has 26 heavy (non-hydrogen) atoms. The second-order valence-corrected chi connectivity index (χ2v) is 9.91. The lowest BCUT2D eigenvalue weighted by Gasteiger charge is -2.20. The Morgan fingerprint density at radius 2 is 1.62 bits per heavy atom. The van der Waals surface area contributed by atoms with Gasteiger partial charge < -0.3 is 9.47 Å². The Hall–Kier alpha value is 0.120. The van der Waals surface area contributed by atoms with Crippen LogP contribution in [0.3, 0.4) is 0 Å². The lowest BCUT2D eigenvalue weighted by Crippen LogP contribution is -2.42. The third kappa shape index (κ3) is 6.62. The minimum atomic E-state index is -5.74. The normalized spacial score (nSPS) is 13.2. The standard InChI is InChI=1S/C13H11F2I3O7S/c1-6(13(14,15)26(21,22)23)24-10(19)2-3-11(20)25-12-8(17)4-7(16)5-9(12)18/h4-6H,2-3H2,1H3,(H,21,22,23). The van der Waals surface area contributed by atoms with Crippen molar-refractivity contribution in [3.05, 3.63) is 22.8 Å². The van der Waals surface area contributed by atoms with Crippen LogP contribution in [0.4, 0.5) is 8.78 Å². The first-order valence-electron chi connectivity index (χ1n) is 6.65. The lowest BCUT2D eigenvalue weighted by atomic mass is 10.3. The maximum absolute atomic E-state index is 13.3. The number of carbonyl (C=O) groups excluding carboxylic acids is 2. The molecule has 0 aliphatic heterocycles. The van der Waals surface area contributed by atoms with Crippen molar-refractivity contribution in [2.24, 2.45) is 0 Å². The highest BCUT2D eigenvalue weighted by Gasteiger charge is 2.51. The molecule has 0 saturated heterocycles. The predicted molar refractivity (Wildman–Crippen MR) is 112 cm³/mol. The van der Waals surface area contributed by atoms with E-state index in [2.05, 4.69) is 27.3 Å². The topological polar surface area (TPSA) is 107 Å². The number of hydrogen-bond donors (Lipinski definition) is 1. The summed E-state index contributed by atoms with van der Waals surface area (Å²) in [5, 5.41) is -4.66. The highest BCUT2D eigenvalue weighted by atomic mass is 127. The molecule has 1 atom stereocenters. The van der Waals surface area contributed by atoms with Crippen molar-refractivity contribution >= 4 is 89.8 Å². The highest BCUT2D eigenvalue weighted by molar-refractivity contribution is 14.1. The molecule has 0 aliphatic rings. The number of rotatable bonds is 7. The monoisotopic (exact) mass is 730 g/mol. The Morgan fingerprint density at radius 1 is 1.15 bits per heavy atom. The van der Waals surface area contributed by atoms with Gasteiger partial charge in [0.2, 0.25) is 0 Å². The molecular weight excluding hydrogens is 719 g/mol. The number of hydrogen-bond acceptors (Lipinski definition) is 6. The summed E-state index contributed by atoms with van der Waals surface area (Å²) in [7, 11) is -5.74. The van der Waals surface area contributed by atoms with E-state index in [1.807, 2.05) is 45.2 Å². The van der Waals surface area contributed by atoms with E-state index in [9.17, 15) is 26.8 Å². The summed E-state index contributed by atoms with van der Waals surface area (Å²) in [5.41, 5.74) is 0. The van der Waals surface area contributed by atoms with Crippen LogP contribution in [0.25, 0.3) is 0 Å².